The molecule has 5 nitrogen and oxygen atoms in total. The Morgan fingerprint density at radius 2 is 2.09 bits per heavy atom. The largest absolute Gasteiger partial charge is 0.486 e. The quantitative estimate of drug-likeness (QED) is 0.866. The Balaban J connectivity index is 1.83. The van der Waals surface area contributed by atoms with Crippen LogP contribution < -0.4 is 10.1 Å². The number of nitrogens with zero attached hydrogens (tertiary/aromatic N) is 1. The van der Waals surface area contributed by atoms with Gasteiger partial charge in [-0.3, -0.25) is 9.59 Å². The van der Waals surface area contributed by atoms with E-state index in [4.69, 9.17) is 4.74 Å². The van der Waals surface area contributed by atoms with Gasteiger partial charge in [0.2, 0.25) is 11.8 Å². The molecule has 2 bridgehead atoms. The van der Waals surface area contributed by atoms with Gasteiger partial charge in [-0.25, -0.2) is 0 Å². The van der Waals surface area contributed by atoms with Crippen LogP contribution in [0.3, 0.4) is 0 Å². The Labute approximate surface area is 130 Å². The minimum atomic E-state index is -0.437. The number of carbonyl (C=O) groups excluding carboxylic acids is 2. The Morgan fingerprint density at radius 3 is 2.82 bits per heavy atom. The summed E-state index contributed by atoms with van der Waals surface area (Å²) in [7, 11) is 0. The van der Waals surface area contributed by atoms with Crippen LogP contribution in [0.5, 0.6) is 5.75 Å². The number of nitrogens with one attached hydrogen (secondary N) is 1. The van der Waals surface area contributed by atoms with E-state index in [1.165, 1.54) is 0 Å². The molecule has 3 rings (SSSR count). The van der Waals surface area contributed by atoms with Gasteiger partial charge >= 0.3 is 0 Å². The third kappa shape index (κ3) is 2.93. The maximum Gasteiger partial charge on any atom is 0.247 e. The number of anilines is 1. The summed E-state index contributed by atoms with van der Waals surface area (Å²) in [6.07, 6.45) is 0.855. The van der Waals surface area contributed by atoms with Crippen LogP contribution in [0.25, 0.3) is 0 Å². The van der Waals surface area contributed by atoms with Crippen molar-refractivity contribution in [3.05, 3.63) is 24.3 Å². The van der Waals surface area contributed by atoms with Gasteiger partial charge in [-0.2, -0.15) is 0 Å². The molecule has 1 aromatic carbocycles. The predicted molar refractivity (Wildman–Crippen MR) is 83.7 cm³/mol. The zero-order valence-corrected chi connectivity index (χ0v) is 13.3. The molecule has 2 atom stereocenters. The molecule has 0 aliphatic carbocycles. The topological polar surface area (TPSA) is 58.6 Å². The molecule has 5 heteroatoms. The number of para-hydroxylation sites is 2. The van der Waals surface area contributed by atoms with Crippen LogP contribution in [0.2, 0.25) is 0 Å². The fraction of sp³-hybridized carbons (Fsp3) is 0.529. The number of benzene rings is 1. The maximum absolute atomic E-state index is 12.5. The van der Waals surface area contributed by atoms with E-state index in [2.05, 4.69) is 5.32 Å². The Morgan fingerprint density at radius 1 is 1.36 bits per heavy atom. The number of hydrogen-bond donors (Lipinski definition) is 1. The van der Waals surface area contributed by atoms with Gasteiger partial charge in [0.05, 0.1) is 12.2 Å². The second-order valence-corrected chi connectivity index (χ2v) is 7.26. The zero-order valence-electron chi connectivity index (χ0n) is 13.3. The normalized spacial score (nSPS) is 24.0. The maximum atomic E-state index is 12.5. The van der Waals surface area contributed by atoms with Crippen molar-refractivity contribution in [3.8, 4) is 5.75 Å². The van der Waals surface area contributed by atoms with Crippen LogP contribution in [0, 0.1) is 5.41 Å². The summed E-state index contributed by atoms with van der Waals surface area (Å²) in [4.78, 5) is 26.7. The number of rotatable bonds is 1. The van der Waals surface area contributed by atoms with Crippen molar-refractivity contribution in [3.63, 3.8) is 0 Å². The van der Waals surface area contributed by atoms with E-state index >= 15 is 0 Å². The predicted octanol–water partition coefficient (Wildman–Crippen LogP) is 2.42. The summed E-state index contributed by atoms with van der Waals surface area (Å²) in [5, 5.41) is 2.88. The smallest absolute Gasteiger partial charge is 0.247 e. The van der Waals surface area contributed by atoms with Crippen LogP contribution in [-0.4, -0.2) is 35.4 Å². The molecule has 0 radical (unpaired) electrons. The van der Waals surface area contributed by atoms with Gasteiger partial charge in [-0.1, -0.05) is 32.9 Å². The van der Waals surface area contributed by atoms with Gasteiger partial charge in [0.25, 0.3) is 0 Å². The van der Waals surface area contributed by atoms with Crippen molar-refractivity contribution in [1.29, 1.82) is 0 Å². The number of fused-ring (bicyclic) bond motifs is 3. The molecule has 2 heterocycles. The molecular formula is C17H22N2O3. The number of ether oxygens (including phenoxy) is 1. The summed E-state index contributed by atoms with van der Waals surface area (Å²) in [5.74, 6) is 0.564. The second-order valence-electron chi connectivity index (χ2n) is 7.26. The Kier molecular flexibility index (Phi) is 3.59. The first kappa shape index (κ1) is 14.9. The third-order valence-electron chi connectivity index (χ3n) is 4.01. The van der Waals surface area contributed by atoms with Crippen LogP contribution in [0.15, 0.2) is 24.3 Å². The molecule has 0 unspecified atom stereocenters. The number of carbonyl (C=O) groups is 2. The summed E-state index contributed by atoms with van der Waals surface area (Å²) in [6, 6.07) is 6.96. The molecule has 2 aliphatic rings. The lowest BCUT2D eigenvalue weighted by molar-refractivity contribution is -0.138. The third-order valence-corrected chi connectivity index (χ3v) is 4.01. The van der Waals surface area contributed by atoms with E-state index in [1.807, 2.05) is 45.0 Å². The molecule has 2 aliphatic heterocycles. The summed E-state index contributed by atoms with van der Waals surface area (Å²) >= 11 is 0. The average Bonchev–Trinajstić information content (AvgIpc) is 2.83. The minimum Gasteiger partial charge on any atom is -0.486 e. The summed E-state index contributed by atoms with van der Waals surface area (Å²) in [5.41, 5.74) is 0.576. The highest BCUT2D eigenvalue weighted by molar-refractivity contribution is 5.99. The molecule has 1 N–H and O–H groups in total. The lowest BCUT2D eigenvalue weighted by Gasteiger charge is -2.27. The van der Waals surface area contributed by atoms with Crippen molar-refractivity contribution >= 4 is 17.5 Å². The molecule has 22 heavy (non-hydrogen) atoms. The van der Waals surface area contributed by atoms with Gasteiger partial charge in [0, 0.05) is 12.8 Å². The van der Waals surface area contributed by atoms with E-state index in [9.17, 15) is 9.59 Å². The Bertz CT molecular complexity index is 606. The molecule has 1 saturated heterocycles. The molecule has 1 aromatic rings. The van der Waals surface area contributed by atoms with E-state index < -0.39 is 6.04 Å². The summed E-state index contributed by atoms with van der Waals surface area (Å²) < 4.78 is 5.98. The monoisotopic (exact) mass is 302 g/mol. The van der Waals surface area contributed by atoms with Crippen LogP contribution in [-0.2, 0) is 9.59 Å². The van der Waals surface area contributed by atoms with Gasteiger partial charge < -0.3 is 15.0 Å². The highest BCUT2D eigenvalue weighted by Gasteiger charge is 2.42. The molecule has 0 aromatic heterocycles. The standard InChI is InChI=1S/C17H22N2O3/c1-17(2,3)9-15(20)19-10-11-8-13(19)16(21)18-12-6-4-5-7-14(12)22-11/h4-7,11,13H,8-10H2,1-3H3,(H,18,21)/t11-,13-/m0/s1. The average molecular weight is 302 g/mol. The lowest BCUT2D eigenvalue weighted by atomic mass is 9.91. The molecule has 0 saturated carbocycles. The second kappa shape index (κ2) is 5.30. The van der Waals surface area contributed by atoms with Gasteiger partial charge in [-0.15, -0.1) is 0 Å². The van der Waals surface area contributed by atoms with Crippen molar-refractivity contribution in [1.82, 2.24) is 4.90 Å². The van der Waals surface area contributed by atoms with Crippen molar-refractivity contribution in [2.45, 2.75) is 45.8 Å². The zero-order chi connectivity index (χ0) is 15.9. The van der Waals surface area contributed by atoms with Gasteiger partial charge in [0.15, 0.2) is 0 Å². The number of hydrogen-bond acceptors (Lipinski definition) is 3. The molecule has 0 spiro atoms. The fourth-order valence-electron chi connectivity index (χ4n) is 3.03. The molecule has 118 valence electrons. The van der Waals surface area contributed by atoms with Crippen LogP contribution in [0.4, 0.5) is 5.69 Å². The van der Waals surface area contributed by atoms with Crippen LogP contribution in [0.1, 0.15) is 33.6 Å². The first-order valence-corrected chi connectivity index (χ1v) is 7.69. The molecular weight excluding hydrogens is 280 g/mol. The van der Waals surface area contributed by atoms with Crippen molar-refractivity contribution in [2.75, 3.05) is 11.9 Å². The first-order chi connectivity index (χ1) is 10.3. The number of likely N-dealkylation sites (tertiary alicyclic amines) is 1. The molecule has 1 fully saturated rings. The van der Waals surface area contributed by atoms with E-state index in [1.54, 1.807) is 4.90 Å². The lowest BCUT2D eigenvalue weighted by Crippen LogP contribution is -2.44. The highest BCUT2D eigenvalue weighted by atomic mass is 16.5. The van der Waals surface area contributed by atoms with E-state index in [0.29, 0.717) is 30.8 Å². The van der Waals surface area contributed by atoms with Gasteiger partial charge in [-0.05, 0) is 17.5 Å². The first-order valence-electron chi connectivity index (χ1n) is 7.69. The molecule has 2 amide bonds. The SMILES string of the molecule is CC(C)(C)CC(=O)N1C[C@@H]2C[C@H]1C(=O)Nc1ccccc1O2. The van der Waals surface area contributed by atoms with Crippen molar-refractivity contribution < 1.29 is 14.3 Å². The number of amides is 2. The highest BCUT2D eigenvalue weighted by Crippen LogP contribution is 2.33. The van der Waals surface area contributed by atoms with Gasteiger partial charge in [0.1, 0.15) is 17.9 Å². The van der Waals surface area contributed by atoms with E-state index in [-0.39, 0.29) is 23.3 Å². The Hall–Kier alpha value is -2.04. The van der Waals surface area contributed by atoms with Crippen molar-refractivity contribution in [2.24, 2.45) is 5.41 Å². The minimum absolute atomic E-state index is 0.0182. The van der Waals surface area contributed by atoms with Crippen LogP contribution >= 0.6 is 0 Å². The summed E-state index contributed by atoms with van der Waals surface area (Å²) in [6.45, 7) is 6.55. The van der Waals surface area contributed by atoms with E-state index in [0.717, 1.165) is 0 Å². The fourth-order valence-corrected chi connectivity index (χ4v) is 3.03.